The number of guanidine groups is 1. The number of aliphatic imine (C=N–C) groups is 1. The quantitative estimate of drug-likeness (QED) is 0.535. The molecule has 0 saturated heterocycles. The molecule has 0 radical (unpaired) electrons. The van der Waals surface area contributed by atoms with Crippen LogP contribution in [0.3, 0.4) is 0 Å². The largest absolute Gasteiger partial charge is 0.378 e. The topological polar surface area (TPSA) is 84.6 Å². The van der Waals surface area contributed by atoms with E-state index in [-0.39, 0.29) is 6.10 Å². The molecule has 1 unspecified atom stereocenters. The average Bonchev–Trinajstić information content (AvgIpc) is 2.89. The summed E-state index contributed by atoms with van der Waals surface area (Å²) in [6.07, 6.45) is 1.20. The van der Waals surface area contributed by atoms with Gasteiger partial charge in [-0.1, -0.05) is 19.0 Å². The molecule has 1 rings (SSSR count). The van der Waals surface area contributed by atoms with Crippen LogP contribution in [0.25, 0.3) is 0 Å². The van der Waals surface area contributed by atoms with Crippen molar-refractivity contribution in [1.29, 1.82) is 0 Å². The maximum Gasteiger partial charge on any atom is 0.248 e. The SMILES string of the molecule is CCNC(=NCc1nc(C)no1)NCCC(OCC)C(C)C. The van der Waals surface area contributed by atoms with E-state index in [1.54, 1.807) is 6.92 Å². The van der Waals surface area contributed by atoms with Gasteiger partial charge in [0.2, 0.25) is 5.89 Å². The number of nitrogens with one attached hydrogen (secondary N) is 2. The standard InChI is InChI=1S/C15H29N5O2/c1-6-16-15(18-10-14-19-12(5)20-22-14)17-9-8-13(11(3)4)21-7-2/h11,13H,6-10H2,1-5H3,(H2,16,17,18). The minimum absolute atomic E-state index is 0.263. The van der Waals surface area contributed by atoms with Crippen LogP contribution in [0, 0.1) is 12.8 Å². The van der Waals surface area contributed by atoms with Gasteiger partial charge in [0.25, 0.3) is 0 Å². The summed E-state index contributed by atoms with van der Waals surface area (Å²) in [5.74, 6) is 2.39. The maximum absolute atomic E-state index is 5.74. The van der Waals surface area contributed by atoms with Crippen LogP contribution in [-0.4, -0.2) is 41.9 Å². The lowest BCUT2D eigenvalue weighted by Crippen LogP contribution is -2.39. The molecule has 0 spiro atoms. The molecule has 0 aromatic carbocycles. The molecular formula is C15H29N5O2. The first-order valence-electron chi connectivity index (χ1n) is 7.99. The Morgan fingerprint density at radius 3 is 2.64 bits per heavy atom. The van der Waals surface area contributed by atoms with E-state index in [4.69, 9.17) is 9.26 Å². The molecule has 0 aliphatic heterocycles. The van der Waals surface area contributed by atoms with Crippen LogP contribution in [-0.2, 0) is 11.3 Å². The average molecular weight is 311 g/mol. The fraction of sp³-hybridized carbons (Fsp3) is 0.800. The Kier molecular flexibility index (Phi) is 8.50. The molecule has 1 heterocycles. The summed E-state index contributed by atoms with van der Waals surface area (Å²) in [5.41, 5.74) is 0. The monoisotopic (exact) mass is 311 g/mol. The lowest BCUT2D eigenvalue weighted by atomic mass is 10.0. The molecule has 1 aromatic rings. The molecule has 7 heteroatoms. The first-order chi connectivity index (χ1) is 10.6. The molecule has 0 amide bonds. The van der Waals surface area contributed by atoms with Crippen LogP contribution in [0.4, 0.5) is 0 Å². The normalized spacial score (nSPS) is 13.5. The third kappa shape index (κ3) is 6.89. The zero-order chi connectivity index (χ0) is 16.4. The Morgan fingerprint density at radius 2 is 2.09 bits per heavy atom. The van der Waals surface area contributed by atoms with Gasteiger partial charge in [-0.05, 0) is 33.1 Å². The third-order valence-electron chi connectivity index (χ3n) is 3.13. The summed E-state index contributed by atoms with van der Waals surface area (Å²) >= 11 is 0. The third-order valence-corrected chi connectivity index (χ3v) is 3.13. The summed E-state index contributed by atoms with van der Waals surface area (Å²) in [5, 5.41) is 10.3. The van der Waals surface area contributed by atoms with Crippen LogP contribution in [0.5, 0.6) is 0 Å². The van der Waals surface area contributed by atoms with E-state index >= 15 is 0 Å². The van der Waals surface area contributed by atoms with Gasteiger partial charge >= 0.3 is 0 Å². The summed E-state index contributed by atoms with van der Waals surface area (Å²) in [4.78, 5) is 8.58. The first-order valence-corrected chi connectivity index (χ1v) is 7.99. The molecule has 0 aliphatic carbocycles. The number of aryl methyl sites for hydroxylation is 1. The van der Waals surface area contributed by atoms with E-state index in [1.165, 1.54) is 0 Å². The number of rotatable bonds is 9. The highest BCUT2D eigenvalue weighted by Gasteiger charge is 2.13. The number of nitrogens with zero attached hydrogens (tertiary/aromatic N) is 3. The van der Waals surface area contributed by atoms with Crippen molar-refractivity contribution in [3.8, 4) is 0 Å². The smallest absolute Gasteiger partial charge is 0.248 e. The molecule has 22 heavy (non-hydrogen) atoms. The van der Waals surface area contributed by atoms with Crippen molar-refractivity contribution in [1.82, 2.24) is 20.8 Å². The van der Waals surface area contributed by atoms with Crippen molar-refractivity contribution in [3.63, 3.8) is 0 Å². The zero-order valence-electron chi connectivity index (χ0n) is 14.3. The van der Waals surface area contributed by atoms with Crippen molar-refractivity contribution in [2.75, 3.05) is 19.7 Å². The molecule has 1 atom stereocenters. The van der Waals surface area contributed by atoms with Gasteiger partial charge in [-0.15, -0.1) is 0 Å². The van der Waals surface area contributed by atoms with Gasteiger partial charge < -0.3 is 19.9 Å². The van der Waals surface area contributed by atoms with E-state index in [2.05, 4.69) is 39.6 Å². The second kappa shape index (κ2) is 10.2. The van der Waals surface area contributed by atoms with E-state index in [9.17, 15) is 0 Å². The molecule has 2 N–H and O–H groups in total. The molecule has 1 aromatic heterocycles. The number of hydrogen-bond donors (Lipinski definition) is 2. The van der Waals surface area contributed by atoms with Gasteiger partial charge in [-0.25, -0.2) is 4.99 Å². The molecule has 0 aliphatic rings. The van der Waals surface area contributed by atoms with Crippen molar-refractivity contribution in [3.05, 3.63) is 11.7 Å². The van der Waals surface area contributed by atoms with E-state index < -0.39 is 0 Å². The van der Waals surface area contributed by atoms with Gasteiger partial charge in [-0.2, -0.15) is 4.98 Å². The Labute approximate surface area is 132 Å². The highest BCUT2D eigenvalue weighted by molar-refractivity contribution is 5.79. The van der Waals surface area contributed by atoms with Crippen molar-refractivity contribution in [2.24, 2.45) is 10.9 Å². The number of hydrogen-bond acceptors (Lipinski definition) is 5. The van der Waals surface area contributed by atoms with Crippen LogP contribution < -0.4 is 10.6 Å². The summed E-state index contributed by atoms with van der Waals surface area (Å²) in [6.45, 7) is 12.9. The van der Waals surface area contributed by atoms with Gasteiger partial charge in [0.15, 0.2) is 11.8 Å². The fourth-order valence-electron chi connectivity index (χ4n) is 2.05. The van der Waals surface area contributed by atoms with Crippen LogP contribution in [0.2, 0.25) is 0 Å². The van der Waals surface area contributed by atoms with Crippen molar-refractivity contribution >= 4 is 5.96 Å². The highest BCUT2D eigenvalue weighted by Crippen LogP contribution is 2.09. The van der Waals surface area contributed by atoms with Crippen LogP contribution in [0.1, 0.15) is 45.8 Å². The van der Waals surface area contributed by atoms with Gasteiger partial charge in [-0.3, -0.25) is 0 Å². The fourth-order valence-corrected chi connectivity index (χ4v) is 2.05. The van der Waals surface area contributed by atoms with E-state index in [0.717, 1.165) is 32.1 Å². The lowest BCUT2D eigenvalue weighted by Gasteiger charge is -2.21. The Balaban J connectivity index is 2.45. The van der Waals surface area contributed by atoms with E-state index in [0.29, 0.717) is 24.2 Å². The van der Waals surface area contributed by atoms with Crippen molar-refractivity contribution in [2.45, 2.75) is 53.7 Å². The predicted molar refractivity (Wildman–Crippen MR) is 86.7 cm³/mol. The number of aromatic nitrogens is 2. The second-order valence-corrected chi connectivity index (χ2v) is 5.38. The molecular weight excluding hydrogens is 282 g/mol. The second-order valence-electron chi connectivity index (χ2n) is 5.38. The molecule has 126 valence electrons. The lowest BCUT2D eigenvalue weighted by molar-refractivity contribution is 0.0258. The minimum Gasteiger partial charge on any atom is -0.378 e. The molecule has 0 bridgehead atoms. The number of ether oxygens (including phenoxy) is 1. The van der Waals surface area contributed by atoms with Crippen LogP contribution in [0.15, 0.2) is 9.52 Å². The molecule has 0 saturated carbocycles. The summed E-state index contributed by atoms with van der Waals surface area (Å²) in [7, 11) is 0. The maximum atomic E-state index is 5.74. The molecule has 7 nitrogen and oxygen atoms in total. The zero-order valence-corrected chi connectivity index (χ0v) is 14.3. The van der Waals surface area contributed by atoms with Gasteiger partial charge in [0.1, 0.15) is 6.54 Å². The summed E-state index contributed by atoms with van der Waals surface area (Å²) < 4.78 is 10.8. The minimum atomic E-state index is 0.263. The van der Waals surface area contributed by atoms with Gasteiger partial charge in [0, 0.05) is 19.7 Å². The first kappa shape index (κ1) is 18.4. The Morgan fingerprint density at radius 1 is 1.32 bits per heavy atom. The highest BCUT2D eigenvalue weighted by atomic mass is 16.5. The van der Waals surface area contributed by atoms with Crippen molar-refractivity contribution < 1.29 is 9.26 Å². The summed E-state index contributed by atoms with van der Waals surface area (Å²) in [6, 6.07) is 0. The molecule has 0 fully saturated rings. The Hall–Kier alpha value is -1.63. The predicted octanol–water partition coefficient (Wildman–Crippen LogP) is 1.88. The Bertz CT molecular complexity index is 445. The van der Waals surface area contributed by atoms with Gasteiger partial charge in [0.05, 0.1) is 6.10 Å². The van der Waals surface area contributed by atoms with E-state index in [1.807, 2.05) is 13.8 Å². The van der Waals surface area contributed by atoms with Crippen LogP contribution >= 0.6 is 0 Å².